The van der Waals surface area contributed by atoms with Gasteiger partial charge in [-0.3, -0.25) is 14.4 Å². The molecule has 4 aromatic rings. The van der Waals surface area contributed by atoms with Crippen LogP contribution < -0.4 is 26.7 Å². The molecule has 0 aliphatic carbocycles. The predicted octanol–water partition coefficient (Wildman–Crippen LogP) is 3.97. The molecule has 2 heterocycles. The zero-order valence-electron chi connectivity index (χ0n) is 20.3. The number of fused-ring (bicyclic) bond motifs is 1. The first-order chi connectivity index (χ1) is 17.8. The number of H-pyrrole nitrogens is 1. The summed E-state index contributed by atoms with van der Waals surface area (Å²) in [6.45, 7) is 2.16. The molecule has 2 amide bonds. The summed E-state index contributed by atoms with van der Waals surface area (Å²) in [4.78, 5) is 45.5. The van der Waals surface area contributed by atoms with E-state index in [0.29, 0.717) is 46.0 Å². The Balaban J connectivity index is 1.56. The molecule has 5 N–H and O–H groups in total. The van der Waals surface area contributed by atoms with E-state index in [4.69, 9.17) is 22.1 Å². The smallest absolute Gasteiger partial charge is 0.261 e. The van der Waals surface area contributed by atoms with E-state index in [2.05, 4.69) is 20.6 Å². The normalized spacial score (nSPS) is 11.7. The summed E-state index contributed by atoms with van der Waals surface area (Å²) in [6, 6.07) is 14.9. The molecule has 2 aromatic carbocycles. The second kappa shape index (κ2) is 11.2. The van der Waals surface area contributed by atoms with Crippen LogP contribution in [0.3, 0.4) is 0 Å². The lowest BCUT2D eigenvalue weighted by Crippen LogP contribution is -2.30. The van der Waals surface area contributed by atoms with Crippen LogP contribution in [0.1, 0.15) is 44.3 Å². The summed E-state index contributed by atoms with van der Waals surface area (Å²) >= 11 is 6.12. The third kappa shape index (κ3) is 5.96. The van der Waals surface area contributed by atoms with Crippen LogP contribution >= 0.6 is 11.6 Å². The van der Waals surface area contributed by atoms with E-state index in [9.17, 15) is 14.4 Å². The number of aromatic amines is 1. The molecule has 1 unspecified atom stereocenters. The summed E-state index contributed by atoms with van der Waals surface area (Å²) < 4.78 is 5.07. The van der Waals surface area contributed by atoms with Crippen molar-refractivity contribution >= 4 is 40.0 Å². The van der Waals surface area contributed by atoms with E-state index in [1.807, 2.05) is 12.1 Å². The molecule has 190 valence electrons. The highest BCUT2D eigenvalue weighted by atomic mass is 35.5. The largest absolute Gasteiger partial charge is 0.481 e. The highest BCUT2D eigenvalue weighted by Gasteiger charge is 2.18. The Morgan fingerprint density at radius 1 is 1.14 bits per heavy atom. The van der Waals surface area contributed by atoms with Gasteiger partial charge in [0, 0.05) is 33.9 Å². The predicted molar refractivity (Wildman–Crippen MR) is 143 cm³/mol. The number of halogens is 1. The molecule has 1 atom stereocenters. The lowest BCUT2D eigenvalue weighted by Gasteiger charge is -2.19. The van der Waals surface area contributed by atoms with E-state index in [0.717, 1.165) is 11.1 Å². The molecule has 10 heteroatoms. The first kappa shape index (κ1) is 25.9. The Labute approximate surface area is 218 Å². The van der Waals surface area contributed by atoms with Crippen molar-refractivity contribution in [2.45, 2.75) is 19.4 Å². The van der Waals surface area contributed by atoms with Crippen molar-refractivity contribution in [2.75, 3.05) is 19.0 Å². The molecule has 0 aliphatic rings. The van der Waals surface area contributed by atoms with Crippen molar-refractivity contribution in [3.63, 3.8) is 0 Å². The van der Waals surface area contributed by atoms with Gasteiger partial charge in [0.15, 0.2) is 0 Å². The number of anilines is 1. The van der Waals surface area contributed by atoms with Gasteiger partial charge in [-0.05, 0) is 61.3 Å². The lowest BCUT2D eigenvalue weighted by atomic mass is 10.0. The Hall–Kier alpha value is -4.21. The minimum absolute atomic E-state index is 0.0855. The number of hydrogen-bond donors (Lipinski definition) is 4. The Morgan fingerprint density at radius 2 is 1.95 bits per heavy atom. The van der Waals surface area contributed by atoms with Crippen molar-refractivity contribution in [3.8, 4) is 5.88 Å². The maximum atomic E-state index is 13.1. The molecule has 0 bridgehead atoms. The SMILES string of the molecule is COc1cc2[nH]c(=O)c(C(=O)Nc3cc(C(=O)NC(CCN)c4cccc(Cl)c4)ccc3C)cc2cn1. The number of carbonyl (C=O) groups is 2. The number of ether oxygens (including phenoxy) is 1. The topological polar surface area (TPSA) is 139 Å². The van der Waals surface area contributed by atoms with Crippen LogP contribution in [-0.2, 0) is 0 Å². The van der Waals surface area contributed by atoms with E-state index in [1.165, 1.54) is 19.4 Å². The number of hydrogen-bond acceptors (Lipinski definition) is 6. The van der Waals surface area contributed by atoms with Crippen LogP contribution in [0, 0.1) is 6.92 Å². The van der Waals surface area contributed by atoms with Gasteiger partial charge in [-0.1, -0.05) is 29.8 Å². The minimum atomic E-state index is -0.612. The summed E-state index contributed by atoms with van der Waals surface area (Å²) in [5.74, 6) is -0.604. The molecule has 0 radical (unpaired) electrons. The molecule has 0 aliphatic heterocycles. The van der Waals surface area contributed by atoms with Crippen molar-refractivity contribution in [2.24, 2.45) is 5.73 Å². The van der Waals surface area contributed by atoms with Gasteiger partial charge in [-0.25, -0.2) is 4.98 Å². The third-order valence-electron chi connectivity index (χ3n) is 5.92. The van der Waals surface area contributed by atoms with Crippen molar-refractivity contribution < 1.29 is 14.3 Å². The number of pyridine rings is 2. The van der Waals surface area contributed by atoms with Gasteiger partial charge < -0.3 is 26.1 Å². The van der Waals surface area contributed by atoms with Gasteiger partial charge in [0.1, 0.15) is 5.56 Å². The van der Waals surface area contributed by atoms with Gasteiger partial charge in [0.05, 0.1) is 18.7 Å². The number of rotatable bonds is 8. The van der Waals surface area contributed by atoms with Gasteiger partial charge in [0.2, 0.25) is 5.88 Å². The molecule has 4 rings (SSSR count). The van der Waals surface area contributed by atoms with E-state index >= 15 is 0 Å². The third-order valence-corrected chi connectivity index (χ3v) is 6.15. The summed E-state index contributed by atoms with van der Waals surface area (Å²) in [6.07, 6.45) is 2.03. The van der Waals surface area contributed by atoms with Crippen LogP contribution in [-0.4, -0.2) is 35.4 Å². The first-order valence-corrected chi connectivity index (χ1v) is 11.9. The Bertz CT molecular complexity index is 1540. The fourth-order valence-corrected chi connectivity index (χ4v) is 4.10. The van der Waals surface area contributed by atoms with Crippen molar-refractivity contribution in [1.82, 2.24) is 15.3 Å². The van der Waals surface area contributed by atoms with Gasteiger partial charge in [-0.2, -0.15) is 0 Å². The molecule has 0 saturated carbocycles. The second-order valence-corrected chi connectivity index (χ2v) is 8.90. The summed E-state index contributed by atoms with van der Waals surface area (Å²) in [5.41, 5.74) is 7.93. The standard InChI is InChI=1S/C27H26ClN5O4/c1-15-6-7-17(25(34)31-21(8-9-29)16-4-3-5-19(28)10-16)12-22(15)32-26(35)20-11-18-14-30-24(37-2)13-23(18)33-27(20)36/h3-7,10-14,21H,8-9,29H2,1-2H3,(H,31,34)(H,32,35)(H,33,36). The number of carbonyl (C=O) groups excluding carboxylic acids is 2. The molecular formula is C27H26ClN5O4. The summed E-state index contributed by atoms with van der Waals surface area (Å²) in [5, 5.41) is 6.87. The molecule has 2 aromatic heterocycles. The van der Waals surface area contributed by atoms with E-state index in [1.54, 1.807) is 43.3 Å². The fourth-order valence-electron chi connectivity index (χ4n) is 3.90. The Morgan fingerprint density at radius 3 is 2.68 bits per heavy atom. The quantitative estimate of drug-likeness (QED) is 0.278. The number of nitrogens with zero attached hydrogens (tertiary/aromatic N) is 1. The highest BCUT2D eigenvalue weighted by Crippen LogP contribution is 2.23. The lowest BCUT2D eigenvalue weighted by molar-refractivity contribution is 0.0934. The monoisotopic (exact) mass is 519 g/mol. The van der Waals surface area contributed by atoms with E-state index < -0.39 is 11.5 Å². The molecule has 0 fully saturated rings. The number of aryl methyl sites for hydroxylation is 1. The second-order valence-electron chi connectivity index (χ2n) is 8.47. The maximum Gasteiger partial charge on any atom is 0.261 e. The number of nitrogens with two attached hydrogens (primary N) is 1. The maximum absolute atomic E-state index is 13.1. The van der Waals surface area contributed by atoms with Crippen molar-refractivity contribution in [3.05, 3.63) is 98.4 Å². The molecule has 0 spiro atoms. The van der Waals surface area contributed by atoms with Gasteiger partial charge in [-0.15, -0.1) is 0 Å². The number of nitrogens with one attached hydrogen (secondary N) is 3. The van der Waals surface area contributed by atoms with E-state index in [-0.39, 0.29) is 17.5 Å². The average molecular weight is 520 g/mol. The molecular weight excluding hydrogens is 494 g/mol. The van der Waals surface area contributed by atoms with Crippen LogP contribution in [0.5, 0.6) is 5.88 Å². The van der Waals surface area contributed by atoms with Gasteiger partial charge in [0.25, 0.3) is 17.4 Å². The zero-order valence-corrected chi connectivity index (χ0v) is 21.1. The molecule has 37 heavy (non-hydrogen) atoms. The fraction of sp³-hybridized carbons (Fsp3) is 0.185. The van der Waals surface area contributed by atoms with Crippen LogP contribution in [0.15, 0.2) is 65.6 Å². The van der Waals surface area contributed by atoms with Crippen LogP contribution in [0.2, 0.25) is 5.02 Å². The number of benzene rings is 2. The number of amides is 2. The first-order valence-electron chi connectivity index (χ1n) is 11.5. The van der Waals surface area contributed by atoms with Crippen LogP contribution in [0.25, 0.3) is 10.9 Å². The molecule has 0 saturated heterocycles. The highest BCUT2D eigenvalue weighted by molar-refractivity contribution is 6.30. The number of methoxy groups -OCH3 is 1. The van der Waals surface area contributed by atoms with Crippen molar-refractivity contribution in [1.29, 1.82) is 0 Å². The minimum Gasteiger partial charge on any atom is -0.481 e. The molecule has 9 nitrogen and oxygen atoms in total. The average Bonchev–Trinajstić information content (AvgIpc) is 2.88. The van der Waals surface area contributed by atoms with Gasteiger partial charge >= 0.3 is 0 Å². The Kier molecular flexibility index (Phi) is 7.86. The number of aromatic nitrogens is 2. The summed E-state index contributed by atoms with van der Waals surface area (Å²) in [7, 11) is 1.47. The van der Waals surface area contributed by atoms with Crippen LogP contribution in [0.4, 0.5) is 5.69 Å². The zero-order chi connectivity index (χ0) is 26.5.